The van der Waals surface area contributed by atoms with Gasteiger partial charge in [0.25, 0.3) is 0 Å². The molecule has 7 heteroatoms. The Labute approximate surface area is 114 Å². The summed E-state index contributed by atoms with van der Waals surface area (Å²) in [5.41, 5.74) is 1.39. The van der Waals surface area contributed by atoms with Crippen LogP contribution >= 0.6 is 0 Å². The quantitative estimate of drug-likeness (QED) is 0.691. The number of carbonyl (C=O) groups excluding carboxylic acids is 1. The summed E-state index contributed by atoms with van der Waals surface area (Å²) in [4.78, 5) is 11.3. The van der Waals surface area contributed by atoms with Gasteiger partial charge in [-0.1, -0.05) is 0 Å². The van der Waals surface area contributed by atoms with Crippen LogP contribution in [0.4, 0.5) is 17.1 Å². The van der Waals surface area contributed by atoms with Gasteiger partial charge in [-0.25, -0.2) is 0 Å². The molecule has 0 saturated heterocycles. The molecular formula is C13H8N6O. The number of nitrogens with one attached hydrogen (secondary N) is 3. The largest absolute Gasteiger partial charge is 0.374 e. The van der Waals surface area contributed by atoms with Crippen LogP contribution in [-0.2, 0) is 4.79 Å². The number of carbonyl (C=O) groups is 1. The summed E-state index contributed by atoms with van der Waals surface area (Å²) >= 11 is 0. The number of allylic oxidation sites excluding steroid dienone is 2. The van der Waals surface area contributed by atoms with Crippen LogP contribution in [0.25, 0.3) is 0 Å². The number of hydrogen-bond donors (Lipinski definition) is 3. The summed E-state index contributed by atoms with van der Waals surface area (Å²) < 4.78 is 0. The summed E-state index contributed by atoms with van der Waals surface area (Å²) in [6, 6.07) is 10.1. The number of rotatable bonds is 2. The smallest absolute Gasteiger partial charge is 0.243 e. The number of nitrogens with zero attached hydrogens (tertiary/aromatic N) is 3. The standard InChI is InChI=1S/C13H8N6O/c14-4-8(5-15)12(6-16)18-9-1-2-10-11(3-9)19-13(20)7-17-10/h1-3,17-18H,7H2,(H,19,20). The second-order valence-corrected chi connectivity index (χ2v) is 3.87. The van der Waals surface area contributed by atoms with Crippen molar-refractivity contribution in [1.82, 2.24) is 0 Å². The molecule has 3 N–H and O–H groups in total. The Morgan fingerprint density at radius 1 is 1.15 bits per heavy atom. The molecule has 1 aliphatic rings. The van der Waals surface area contributed by atoms with Gasteiger partial charge in [0, 0.05) is 5.69 Å². The molecule has 1 heterocycles. The van der Waals surface area contributed by atoms with E-state index < -0.39 is 0 Å². The van der Waals surface area contributed by atoms with Crippen LogP contribution in [0.5, 0.6) is 0 Å². The fourth-order valence-electron chi connectivity index (χ4n) is 1.68. The van der Waals surface area contributed by atoms with Crippen molar-refractivity contribution in [2.45, 2.75) is 0 Å². The molecule has 0 saturated carbocycles. The highest BCUT2D eigenvalue weighted by Crippen LogP contribution is 2.28. The molecule has 0 atom stereocenters. The topological polar surface area (TPSA) is 125 Å². The minimum absolute atomic E-state index is 0.134. The summed E-state index contributed by atoms with van der Waals surface area (Å²) in [5, 5.41) is 34.7. The summed E-state index contributed by atoms with van der Waals surface area (Å²) in [5.74, 6) is -0.166. The molecule has 0 bridgehead atoms. The molecule has 7 nitrogen and oxygen atoms in total. The molecule has 20 heavy (non-hydrogen) atoms. The van der Waals surface area contributed by atoms with Crippen molar-refractivity contribution in [3.05, 3.63) is 29.5 Å². The zero-order valence-corrected chi connectivity index (χ0v) is 10.2. The minimum Gasteiger partial charge on any atom is -0.374 e. The molecule has 1 aliphatic heterocycles. The first-order valence-corrected chi connectivity index (χ1v) is 5.57. The Balaban J connectivity index is 2.33. The maximum Gasteiger partial charge on any atom is 0.243 e. The lowest BCUT2D eigenvalue weighted by atomic mass is 10.2. The number of amides is 1. The third kappa shape index (κ3) is 2.50. The monoisotopic (exact) mass is 264 g/mol. The van der Waals surface area contributed by atoms with Crippen LogP contribution in [0.3, 0.4) is 0 Å². The lowest BCUT2D eigenvalue weighted by Gasteiger charge is -2.19. The zero-order chi connectivity index (χ0) is 14.5. The number of hydrogen-bond acceptors (Lipinski definition) is 6. The molecule has 1 aromatic carbocycles. The van der Waals surface area contributed by atoms with Crippen molar-refractivity contribution in [2.24, 2.45) is 0 Å². The van der Waals surface area contributed by atoms with Gasteiger partial charge in [0.1, 0.15) is 23.9 Å². The Bertz CT molecular complexity index is 713. The predicted molar refractivity (Wildman–Crippen MR) is 71.0 cm³/mol. The summed E-state index contributed by atoms with van der Waals surface area (Å²) in [6.07, 6.45) is 0. The number of benzene rings is 1. The van der Waals surface area contributed by atoms with Gasteiger partial charge >= 0.3 is 0 Å². The normalized spacial score (nSPS) is 11.6. The molecule has 0 spiro atoms. The number of fused-ring (bicyclic) bond motifs is 1. The van der Waals surface area contributed by atoms with Gasteiger partial charge < -0.3 is 16.0 Å². The Kier molecular flexibility index (Phi) is 3.51. The lowest BCUT2D eigenvalue weighted by Crippen LogP contribution is -2.27. The molecule has 0 fully saturated rings. The molecule has 0 aliphatic carbocycles. The van der Waals surface area contributed by atoms with Crippen molar-refractivity contribution in [3.63, 3.8) is 0 Å². The summed E-state index contributed by atoms with van der Waals surface area (Å²) in [7, 11) is 0. The van der Waals surface area contributed by atoms with Gasteiger partial charge in [0.2, 0.25) is 5.91 Å². The Hall–Kier alpha value is -3.50. The predicted octanol–water partition coefficient (Wildman–Crippen LogP) is 1.29. The molecule has 2 rings (SSSR count). The van der Waals surface area contributed by atoms with Crippen molar-refractivity contribution in [3.8, 4) is 18.2 Å². The van der Waals surface area contributed by atoms with E-state index in [1.807, 2.05) is 0 Å². The maximum absolute atomic E-state index is 11.3. The van der Waals surface area contributed by atoms with Crippen LogP contribution in [0.15, 0.2) is 29.5 Å². The van der Waals surface area contributed by atoms with E-state index in [0.717, 1.165) is 5.69 Å². The van der Waals surface area contributed by atoms with Crippen LogP contribution in [-0.4, -0.2) is 12.5 Å². The fraction of sp³-hybridized carbons (Fsp3) is 0.0769. The van der Waals surface area contributed by atoms with Crippen molar-refractivity contribution in [2.75, 3.05) is 22.5 Å². The van der Waals surface area contributed by atoms with Crippen LogP contribution in [0, 0.1) is 34.0 Å². The molecule has 0 aromatic heterocycles. The van der Waals surface area contributed by atoms with E-state index in [-0.39, 0.29) is 23.7 Å². The van der Waals surface area contributed by atoms with Crippen molar-refractivity contribution in [1.29, 1.82) is 15.8 Å². The van der Waals surface area contributed by atoms with E-state index in [1.54, 1.807) is 36.4 Å². The van der Waals surface area contributed by atoms with Gasteiger partial charge in [-0.05, 0) is 18.2 Å². The van der Waals surface area contributed by atoms with Crippen LogP contribution < -0.4 is 16.0 Å². The minimum atomic E-state index is -0.299. The van der Waals surface area contributed by atoms with E-state index in [0.29, 0.717) is 11.4 Å². The second-order valence-electron chi connectivity index (χ2n) is 3.87. The molecule has 96 valence electrons. The second kappa shape index (κ2) is 5.43. The zero-order valence-electron chi connectivity index (χ0n) is 10.2. The average Bonchev–Trinajstić information content (AvgIpc) is 2.46. The number of nitriles is 3. The van der Waals surface area contributed by atoms with E-state index in [9.17, 15) is 4.79 Å². The van der Waals surface area contributed by atoms with Gasteiger partial charge in [-0.3, -0.25) is 4.79 Å². The van der Waals surface area contributed by atoms with E-state index in [1.165, 1.54) is 0 Å². The molecule has 1 aromatic rings. The highest BCUT2D eigenvalue weighted by Gasteiger charge is 2.14. The van der Waals surface area contributed by atoms with Crippen molar-refractivity contribution >= 4 is 23.0 Å². The SMILES string of the molecule is N#CC(C#N)=C(C#N)Nc1ccc2c(c1)NC(=O)CN2. The lowest BCUT2D eigenvalue weighted by molar-refractivity contribution is -0.114. The van der Waals surface area contributed by atoms with Gasteiger partial charge in [0.15, 0.2) is 5.57 Å². The number of anilines is 3. The molecular weight excluding hydrogens is 256 g/mol. The average molecular weight is 264 g/mol. The van der Waals surface area contributed by atoms with Gasteiger partial charge in [0.05, 0.1) is 17.9 Å². The van der Waals surface area contributed by atoms with Gasteiger partial charge in [-0.15, -0.1) is 0 Å². The van der Waals surface area contributed by atoms with E-state index in [2.05, 4.69) is 16.0 Å². The van der Waals surface area contributed by atoms with Gasteiger partial charge in [-0.2, -0.15) is 15.8 Å². The molecule has 1 amide bonds. The van der Waals surface area contributed by atoms with Crippen LogP contribution in [0.2, 0.25) is 0 Å². The highest BCUT2D eigenvalue weighted by molar-refractivity contribution is 6.01. The van der Waals surface area contributed by atoms with Crippen LogP contribution in [0.1, 0.15) is 0 Å². The fourth-order valence-corrected chi connectivity index (χ4v) is 1.68. The highest BCUT2D eigenvalue weighted by atomic mass is 16.2. The maximum atomic E-state index is 11.3. The van der Waals surface area contributed by atoms with Crippen molar-refractivity contribution < 1.29 is 4.79 Å². The third-order valence-corrected chi connectivity index (χ3v) is 2.59. The van der Waals surface area contributed by atoms with E-state index in [4.69, 9.17) is 15.8 Å². The Morgan fingerprint density at radius 2 is 1.90 bits per heavy atom. The summed E-state index contributed by atoms with van der Waals surface area (Å²) in [6.45, 7) is 0.205. The van der Waals surface area contributed by atoms with E-state index >= 15 is 0 Å². The Morgan fingerprint density at radius 3 is 2.55 bits per heavy atom. The first-order chi connectivity index (χ1) is 9.67. The molecule has 0 unspecified atom stereocenters. The first-order valence-electron chi connectivity index (χ1n) is 5.57. The first kappa shape index (κ1) is 12.9. The molecule has 0 radical (unpaired) electrons. The third-order valence-electron chi connectivity index (χ3n) is 2.59.